The highest BCUT2D eigenvalue weighted by Crippen LogP contribution is 2.29. The van der Waals surface area contributed by atoms with Gasteiger partial charge in [0.1, 0.15) is 5.75 Å². The fraction of sp³-hybridized carbons (Fsp3) is 0.154. The van der Waals surface area contributed by atoms with Crippen molar-refractivity contribution in [2.24, 2.45) is 0 Å². The van der Waals surface area contributed by atoms with Gasteiger partial charge in [0.25, 0.3) is 0 Å². The second-order valence-electron chi connectivity index (χ2n) is 3.86. The Hall–Kier alpha value is -1.53. The van der Waals surface area contributed by atoms with Crippen molar-refractivity contribution in [3.63, 3.8) is 0 Å². The molecule has 0 aliphatic heterocycles. The fourth-order valence-electron chi connectivity index (χ4n) is 1.58. The van der Waals surface area contributed by atoms with Gasteiger partial charge in [-0.1, -0.05) is 0 Å². The zero-order valence-corrected chi connectivity index (χ0v) is 11.7. The average Bonchev–Trinajstić information content (AvgIpc) is 2.34. The first kappa shape index (κ1) is 13.9. The average molecular weight is 329 g/mol. The lowest BCUT2D eigenvalue weighted by Gasteiger charge is -2.09. The maximum Gasteiger partial charge on any atom is 0.198 e. The van der Waals surface area contributed by atoms with E-state index < -0.39 is 17.4 Å². The highest BCUT2D eigenvalue weighted by molar-refractivity contribution is 9.10. The van der Waals surface area contributed by atoms with Gasteiger partial charge in [0.15, 0.2) is 17.4 Å². The third-order valence-corrected chi connectivity index (χ3v) is 2.77. The monoisotopic (exact) mass is 328 g/mol. The lowest BCUT2D eigenvalue weighted by atomic mass is 10.2. The number of pyridine rings is 1. The van der Waals surface area contributed by atoms with Crippen LogP contribution in [0.25, 0.3) is 0 Å². The SMILES string of the molecule is CNCc1cc(F)c(Oc2cncc(Br)c2)c(F)c1. The van der Waals surface area contributed by atoms with Crippen LogP contribution in [0.15, 0.2) is 35.1 Å². The predicted molar refractivity (Wildman–Crippen MR) is 71.1 cm³/mol. The van der Waals surface area contributed by atoms with E-state index in [9.17, 15) is 8.78 Å². The van der Waals surface area contributed by atoms with Gasteiger partial charge in [0.05, 0.1) is 6.20 Å². The van der Waals surface area contributed by atoms with Crippen LogP contribution in [0.4, 0.5) is 8.78 Å². The Morgan fingerprint density at radius 3 is 2.47 bits per heavy atom. The molecule has 19 heavy (non-hydrogen) atoms. The van der Waals surface area contributed by atoms with E-state index >= 15 is 0 Å². The predicted octanol–water partition coefficient (Wildman–Crippen LogP) is 3.63. The Balaban J connectivity index is 2.30. The molecule has 0 fully saturated rings. The highest BCUT2D eigenvalue weighted by Gasteiger charge is 2.13. The molecule has 0 saturated heterocycles. The van der Waals surface area contributed by atoms with Gasteiger partial charge >= 0.3 is 0 Å². The Bertz CT molecular complexity index is 570. The molecule has 0 aliphatic rings. The topological polar surface area (TPSA) is 34.1 Å². The van der Waals surface area contributed by atoms with Crippen molar-refractivity contribution in [2.75, 3.05) is 7.05 Å². The second kappa shape index (κ2) is 6.08. The van der Waals surface area contributed by atoms with Crippen molar-refractivity contribution in [3.05, 3.63) is 52.3 Å². The van der Waals surface area contributed by atoms with Gasteiger partial charge in [-0.05, 0) is 46.7 Å². The molecule has 0 amide bonds. The summed E-state index contributed by atoms with van der Waals surface area (Å²) in [6.45, 7) is 0.382. The zero-order valence-electron chi connectivity index (χ0n) is 10.1. The molecule has 100 valence electrons. The third kappa shape index (κ3) is 3.48. The number of rotatable bonds is 4. The Morgan fingerprint density at radius 1 is 1.21 bits per heavy atom. The van der Waals surface area contributed by atoms with Crippen LogP contribution in [0, 0.1) is 11.6 Å². The molecule has 1 heterocycles. The van der Waals surface area contributed by atoms with Gasteiger partial charge in [-0.25, -0.2) is 8.78 Å². The van der Waals surface area contributed by atoms with Crippen LogP contribution >= 0.6 is 15.9 Å². The van der Waals surface area contributed by atoms with E-state index in [1.165, 1.54) is 18.3 Å². The van der Waals surface area contributed by atoms with E-state index in [-0.39, 0.29) is 5.75 Å². The molecule has 3 nitrogen and oxygen atoms in total. The summed E-state index contributed by atoms with van der Waals surface area (Å²) >= 11 is 3.21. The summed E-state index contributed by atoms with van der Waals surface area (Å²) in [5, 5.41) is 2.82. The van der Waals surface area contributed by atoms with E-state index in [1.54, 1.807) is 19.3 Å². The van der Waals surface area contributed by atoms with Crippen molar-refractivity contribution in [2.45, 2.75) is 6.54 Å². The van der Waals surface area contributed by atoms with Crippen molar-refractivity contribution in [1.82, 2.24) is 10.3 Å². The van der Waals surface area contributed by atoms with Crippen LogP contribution in [-0.4, -0.2) is 12.0 Å². The lowest BCUT2D eigenvalue weighted by Crippen LogP contribution is -2.06. The van der Waals surface area contributed by atoms with Gasteiger partial charge in [0, 0.05) is 17.2 Å². The first-order chi connectivity index (χ1) is 9.10. The summed E-state index contributed by atoms with van der Waals surface area (Å²) in [4.78, 5) is 3.86. The summed E-state index contributed by atoms with van der Waals surface area (Å²) in [5.41, 5.74) is 0.511. The molecule has 1 aromatic heterocycles. The first-order valence-electron chi connectivity index (χ1n) is 5.51. The van der Waals surface area contributed by atoms with Crippen molar-refractivity contribution < 1.29 is 13.5 Å². The van der Waals surface area contributed by atoms with Gasteiger partial charge in [-0.2, -0.15) is 0 Å². The van der Waals surface area contributed by atoms with E-state index in [4.69, 9.17) is 4.74 Å². The van der Waals surface area contributed by atoms with Crippen molar-refractivity contribution in [1.29, 1.82) is 0 Å². The van der Waals surface area contributed by atoms with E-state index in [2.05, 4.69) is 26.2 Å². The van der Waals surface area contributed by atoms with Gasteiger partial charge in [-0.15, -0.1) is 0 Å². The smallest absolute Gasteiger partial charge is 0.198 e. The van der Waals surface area contributed by atoms with Crippen LogP contribution in [0.2, 0.25) is 0 Å². The largest absolute Gasteiger partial charge is 0.450 e. The summed E-state index contributed by atoms with van der Waals surface area (Å²) < 4.78 is 33.4. The van der Waals surface area contributed by atoms with E-state index in [1.807, 2.05) is 0 Å². The fourth-order valence-corrected chi connectivity index (χ4v) is 1.93. The number of nitrogens with zero attached hydrogens (tertiary/aromatic N) is 1. The number of hydrogen-bond acceptors (Lipinski definition) is 3. The lowest BCUT2D eigenvalue weighted by molar-refractivity contribution is 0.405. The van der Waals surface area contributed by atoms with Crippen LogP contribution < -0.4 is 10.1 Å². The normalized spacial score (nSPS) is 10.5. The van der Waals surface area contributed by atoms with Crippen LogP contribution in [0.5, 0.6) is 11.5 Å². The van der Waals surface area contributed by atoms with Gasteiger partial charge < -0.3 is 10.1 Å². The number of aromatic nitrogens is 1. The molecule has 1 N–H and O–H groups in total. The van der Waals surface area contributed by atoms with E-state index in [0.29, 0.717) is 16.6 Å². The molecule has 0 saturated carbocycles. The molecule has 0 spiro atoms. The van der Waals surface area contributed by atoms with Crippen molar-refractivity contribution in [3.8, 4) is 11.5 Å². The molecular formula is C13H11BrF2N2O. The van der Waals surface area contributed by atoms with Crippen LogP contribution in [0.3, 0.4) is 0 Å². The minimum atomic E-state index is -0.745. The molecule has 0 radical (unpaired) electrons. The molecule has 1 aromatic carbocycles. The molecular weight excluding hydrogens is 318 g/mol. The summed E-state index contributed by atoms with van der Waals surface area (Å²) in [6, 6.07) is 4.05. The maximum atomic E-state index is 13.8. The Labute approximate surface area is 117 Å². The first-order valence-corrected chi connectivity index (χ1v) is 6.30. The van der Waals surface area contributed by atoms with E-state index in [0.717, 1.165) is 0 Å². The number of hydrogen-bond donors (Lipinski definition) is 1. The maximum absolute atomic E-state index is 13.8. The number of nitrogens with one attached hydrogen (secondary N) is 1. The van der Waals surface area contributed by atoms with Crippen molar-refractivity contribution >= 4 is 15.9 Å². The Morgan fingerprint density at radius 2 is 1.89 bits per heavy atom. The molecule has 2 rings (SSSR count). The summed E-state index contributed by atoms with van der Waals surface area (Å²) in [7, 11) is 1.70. The minimum Gasteiger partial charge on any atom is -0.450 e. The van der Waals surface area contributed by atoms with Crippen LogP contribution in [-0.2, 0) is 6.54 Å². The molecule has 0 aliphatic carbocycles. The third-order valence-electron chi connectivity index (χ3n) is 2.34. The molecule has 6 heteroatoms. The van der Waals surface area contributed by atoms with Crippen LogP contribution in [0.1, 0.15) is 5.56 Å². The number of halogens is 3. The quantitative estimate of drug-likeness (QED) is 0.930. The Kier molecular flexibility index (Phi) is 4.44. The number of benzene rings is 1. The van der Waals surface area contributed by atoms with Gasteiger partial charge in [0.2, 0.25) is 0 Å². The minimum absolute atomic E-state index is 0.258. The molecule has 0 unspecified atom stereocenters. The molecule has 2 aromatic rings. The summed E-state index contributed by atoms with van der Waals surface area (Å²) in [6.07, 6.45) is 2.93. The van der Waals surface area contributed by atoms with Gasteiger partial charge in [-0.3, -0.25) is 4.98 Å². The highest BCUT2D eigenvalue weighted by atomic mass is 79.9. The summed E-state index contributed by atoms with van der Waals surface area (Å²) in [5.74, 6) is -1.66. The molecule has 0 atom stereocenters. The zero-order chi connectivity index (χ0) is 13.8. The second-order valence-corrected chi connectivity index (χ2v) is 4.78. The molecule has 0 bridgehead atoms. The standard InChI is InChI=1S/C13H11BrF2N2O/c1-17-5-8-2-11(15)13(12(16)3-8)19-10-4-9(14)6-18-7-10/h2-4,6-7,17H,5H2,1H3. The number of ether oxygens (including phenoxy) is 1.